The number of hydrogen-bond donors (Lipinski definition) is 2. The predicted octanol–water partition coefficient (Wildman–Crippen LogP) is 6.29. The first-order valence-electron chi connectivity index (χ1n) is 17.8. The van der Waals surface area contributed by atoms with Gasteiger partial charge in [-0.2, -0.15) is 0 Å². The molecule has 7 aliphatic rings. The molecule has 2 N–H and O–H groups in total. The predicted molar refractivity (Wildman–Crippen MR) is 169 cm³/mol. The van der Waals surface area contributed by atoms with Crippen molar-refractivity contribution in [3.8, 4) is 0 Å². The number of fused-ring (bicyclic) bond motifs is 4. The number of carbonyl (C=O) groups excluding carboxylic acids is 2. The lowest BCUT2D eigenvalue weighted by Crippen LogP contribution is -2.57. The Balaban J connectivity index is 1.08. The molecular weight excluding hydrogens is 554 g/mol. The molecule has 8 heteroatoms. The third-order valence-electron chi connectivity index (χ3n) is 14.7. The highest BCUT2D eigenvalue weighted by Crippen LogP contribution is 2.88. The summed E-state index contributed by atoms with van der Waals surface area (Å²) in [6, 6.07) is 0.199. The van der Waals surface area contributed by atoms with Crippen molar-refractivity contribution in [1.29, 1.82) is 0 Å². The van der Waals surface area contributed by atoms with Crippen LogP contribution in [0.2, 0.25) is 0 Å². The average Bonchev–Trinajstić information content (AvgIpc) is 3.56. The van der Waals surface area contributed by atoms with Gasteiger partial charge in [-0.15, -0.1) is 0 Å². The molecule has 0 bridgehead atoms. The Labute approximate surface area is 264 Å². The van der Waals surface area contributed by atoms with E-state index in [4.69, 9.17) is 14.2 Å². The normalized spacial score (nSPS) is 47.2. The number of nitrogens with zero attached hydrogens (tertiary/aromatic N) is 1. The molecule has 8 unspecified atom stereocenters. The minimum absolute atomic E-state index is 0.0326. The lowest BCUT2D eigenvalue weighted by atomic mass is 9.43. The van der Waals surface area contributed by atoms with Crippen LogP contribution in [-0.4, -0.2) is 74.7 Å². The number of amides is 2. The van der Waals surface area contributed by atoms with Gasteiger partial charge in [0.15, 0.2) is 0 Å². The van der Waals surface area contributed by atoms with Crippen LogP contribution in [-0.2, 0) is 14.2 Å². The van der Waals surface area contributed by atoms with E-state index in [1.165, 1.54) is 55.4 Å². The van der Waals surface area contributed by atoms with Crippen LogP contribution in [0.4, 0.5) is 9.59 Å². The highest BCUT2D eigenvalue weighted by atomic mass is 16.6. The van der Waals surface area contributed by atoms with Gasteiger partial charge >= 0.3 is 12.2 Å². The lowest BCUT2D eigenvalue weighted by molar-refractivity contribution is -0.150. The maximum Gasteiger partial charge on any atom is 0.409 e. The molecule has 0 aromatic rings. The second-order valence-corrected chi connectivity index (χ2v) is 16.8. The first-order valence-corrected chi connectivity index (χ1v) is 17.8. The fourth-order valence-corrected chi connectivity index (χ4v) is 12.3. The van der Waals surface area contributed by atoms with Gasteiger partial charge < -0.3 is 29.7 Å². The van der Waals surface area contributed by atoms with Gasteiger partial charge in [0.2, 0.25) is 0 Å². The number of nitrogens with one attached hydrogen (secondary N) is 2. The van der Waals surface area contributed by atoms with Gasteiger partial charge in [-0.25, -0.2) is 9.59 Å². The van der Waals surface area contributed by atoms with Gasteiger partial charge in [-0.1, -0.05) is 33.8 Å². The van der Waals surface area contributed by atoms with E-state index >= 15 is 0 Å². The van der Waals surface area contributed by atoms with E-state index < -0.39 is 0 Å². The molecule has 2 aliphatic heterocycles. The van der Waals surface area contributed by atoms with E-state index in [9.17, 15) is 9.59 Å². The van der Waals surface area contributed by atoms with Crippen LogP contribution in [0.5, 0.6) is 0 Å². The second-order valence-electron chi connectivity index (χ2n) is 16.8. The fraction of sp³-hybridized carbons (Fsp3) is 0.889. The molecule has 44 heavy (non-hydrogen) atoms. The van der Waals surface area contributed by atoms with E-state index in [0.717, 1.165) is 38.3 Å². The van der Waals surface area contributed by atoms with Gasteiger partial charge in [0.05, 0.1) is 18.2 Å². The molecule has 2 amide bonds. The molecule has 5 aliphatic carbocycles. The Kier molecular flexibility index (Phi) is 7.44. The summed E-state index contributed by atoms with van der Waals surface area (Å²) in [5, 5.41) is 6.26. The number of rotatable bonds is 5. The molecule has 2 spiro atoms. The van der Waals surface area contributed by atoms with E-state index in [0.29, 0.717) is 22.7 Å². The lowest BCUT2D eigenvalue weighted by Gasteiger charge is -2.61. The fourth-order valence-electron chi connectivity index (χ4n) is 12.3. The second kappa shape index (κ2) is 10.6. The van der Waals surface area contributed by atoms with Crippen molar-refractivity contribution in [2.75, 3.05) is 27.2 Å². The monoisotopic (exact) mass is 611 g/mol. The number of carbonyl (C=O) groups is 2. The van der Waals surface area contributed by atoms with Crippen molar-refractivity contribution in [2.45, 2.75) is 129 Å². The topological polar surface area (TPSA) is 89.1 Å². The van der Waals surface area contributed by atoms with Crippen LogP contribution < -0.4 is 10.6 Å². The highest BCUT2D eigenvalue weighted by molar-refractivity contribution is 5.68. The largest absolute Gasteiger partial charge is 0.443 e. The van der Waals surface area contributed by atoms with Crippen molar-refractivity contribution in [2.24, 2.45) is 45.3 Å². The molecular formula is C36H57N3O5. The van der Waals surface area contributed by atoms with Gasteiger partial charge in [0.25, 0.3) is 0 Å². The van der Waals surface area contributed by atoms with Crippen molar-refractivity contribution < 1.29 is 23.8 Å². The van der Waals surface area contributed by atoms with Crippen molar-refractivity contribution >= 4 is 12.2 Å². The summed E-state index contributed by atoms with van der Waals surface area (Å²) in [6.07, 6.45) is 13.5. The summed E-state index contributed by atoms with van der Waals surface area (Å²) in [5.41, 5.74) is 2.71. The smallest absolute Gasteiger partial charge is 0.409 e. The number of hydrogen-bond acceptors (Lipinski definition) is 6. The molecule has 7 fully saturated rings. The van der Waals surface area contributed by atoms with Crippen LogP contribution in [0.1, 0.15) is 98.8 Å². The Morgan fingerprint density at radius 3 is 2.45 bits per heavy atom. The third-order valence-corrected chi connectivity index (χ3v) is 14.7. The van der Waals surface area contributed by atoms with E-state index in [1.807, 2.05) is 0 Å². The highest BCUT2D eigenvalue weighted by Gasteiger charge is 2.82. The van der Waals surface area contributed by atoms with Crippen LogP contribution in [0, 0.1) is 45.3 Å². The summed E-state index contributed by atoms with van der Waals surface area (Å²) >= 11 is 0. The summed E-state index contributed by atoms with van der Waals surface area (Å²) < 4.78 is 19.1. The molecule has 8 nitrogen and oxygen atoms in total. The maximum atomic E-state index is 12.7. The molecule has 11 atom stereocenters. The summed E-state index contributed by atoms with van der Waals surface area (Å²) in [7, 11) is 3.50. The third kappa shape index (κ3) is 4.28. The zero-order chi connectivity index (χ0) is 31.2. The average molecular weight is 612 g/mol. The Morgan fingerprint density at radius 2 is 1.80 bits per heavy atom. The van der Waals surface area contributed by atoms with Gasteiger partial charge in [0, 0.05) is 27.2 Å². The minimum Gasteiger partial charge on any atom is -0.443 e. The van der Waals surface area contributed by atoms with Crippen LogP contribution in [0.3, 0.4) is 0 Å². The van der Waals surface area contributed by atoms with E-state index in [1.54, 1.807) is 14.1 Å². The van der Waals surface area contributed by atoms with Gasteiger partial charge in [-0.05, 0) is 122 Å². The zero-order valence-corrected chi connectivity index (χ0v) is 28.2. The van der Waals surface area contributed by atoms with Gasteiger partial charge in [0.1, 0.15) is 12.2 Å². The quantitative estimate of drug-likeness (QED) is 0.355. The molecule has 0 radical (unpaired) electrons. The maximum absolute atomic E-state index is 12.7. The first-order chi connectivity index (χ1) is 20.9. The summed E-state index contributed by atoms with van der Waals surface area (Å²) in [5.74, 6) is 2.04. The van der Waals surface area contributed by atoms with Gasteiger partial charge in [-0.3, -0.25) is 0 Å². The van der Waals surface area contributed by atoms with Crippen LogP contribution >= 0.6 is 0 Å². The summed E-state index contributed by atoms with van der Waals surface area (Å²) in [6.45, 7) is 13.4. The van der Waals surface area contributed by atoms with Crippen LogP contribution in [0.25, 0.3) is 0 Å². The minimum atomic E-state index is -0.275. The van der Waals surface area contributed by atoms with E-state index in [2.05, 4.69) is 51.3 Å². The number of ether oxygens (including phenoxy) is 3. The van der Waals surface area contributed by atoms with Crippen molar-refractivity contribution in [3.05, 3.63) is 11.6 Å². The molecule has 7 rings (SSSR count). The van der Waals surface area contributed by atoms with Crippen LogP contribution in [0.15, 0.2) is 11.6 Å². The number of alkyl carbamates (subject to hydrolysis) is 1. The Morgan fingerprint density at radius 1 is 1.02 bits per heavy atom. The summed E-state index contributed by atoms with van der Waals surface area (Å²) in [4.78, 5) is 26.8. The molecule has 2 saturated heterocycles. The first kappa shape index (κ1) is 30.8. The molecule has 0 aromatic carbocycles. The molecule has 2 heterocycles. The Hall–Kier alpha value is -1.80. The Bertz CT molecular complexity index is 1200. The van der Waals surface area contributed by atoms with Crippen molar-refractivity contribution in [1.82, 2.24) is 15.5 Å². The van der Waals surface area contributed by atoms with Crippen molar-refractivity contribution in [3.63, 3.8) is 0 Å². The molecule has 0 aromatic heterocycles. The zero-order valence-electron chi connectivity index (χ0n) is 28.2. The SMILES string of the molecule is C/C=C1\C(OC(=O)NC2CNC2)CCC23CC24CCC2(C)[C@H]5CCC(C(OC(=O)N(C)C)C(C)C)OC5C[C@@]2(C)C4CC[C@@H]13. The van der Waals surface area contributed by atoms with E-state index in [-0.39, 0.29) is 59.4 Å². The molecule has 5 saturated carbocycles. The molecule has 246 valence electrons. The standard InChI is InChI=1S/C36H57N3O5/c1-8-23-24-10-12-29-34(5)17-28-25(9-11-27(42-28)30(21(2)3)44-32(41)39(6)7)33(34,4)15-16-36(29)20-35(24,36)14-13-26(23)43-31(40)38-22-18-37-19-22/h8,21-22,24-30,37H,9-20H2,1-7H3,(H,38,40)/b23-8-/t24-,25-,26?,27?,28?,29?,30?,33?,34-,35?,36?/m0/s1. The number of allylic oxidation sites excluding steroid dienone is 1.